The Hall–Kier alpha value is -1.44. The fourth-order valence-corrected chi connectivity index (χ4v) is 5.43. The van der Waals surface area contributed by atoms with E-state index in [-0.39, 0.29) is 17.6 Å². The smallest absolute Gasteiger partial charge is 0.248 e. The van der Waals surface area contributed by atoms with Gasteiger partial charge in [0.05, 0.1) is 5.75 Å². The summed E-state index contributed by atoms with van der Waals surface area (Å²) in [5.74, 6) is 0.281. The van der Waals surface area contributed by atoms with E-state index in [0.717, 1.165) is 37.9 Å². The number of piperidine rings is 1. The lowest BCUT2D eigenvalue weighted by atomic mass is 9.62. The number of amides is 1. The Morgan fingerprint density at radius 2 is 1.96 bits per heavy atom. The van der Waals surface area contributed by atoms with Gasteiger partial charge in [-0.05, 0) is 30.5 Å². The average Bonchev–Trinajstić information content (AvgIpc) is 2.58. The first kappa shape index (κ1) is 19.3. The predicted molar refractivity (Wildman–Crippen MR) is 101 cm³/mol. The molecule has 2 fully saturated rings. The molecule has 144 valence electrons. The number of methoxy groups -OCH3 is 1. The molecular formula is C19H28N2O4S. The molecule has 1 aliphatic heterocycles. The minimum Gasteiger partial charge on any atom is -0.373 e. The second-order valence-electron chi connectivity index (χ2n) is 7.66. The van der Waals surface area contributed by atoms with Gasteiger partial charge in [-0.1, -0.05) is 18.6 Å². The average molecular weight is 381 g/mol. The Bertz CT molecular complexity index is 763. The van der Waals surface area contributed by atoms with E-state index >= 15 is 0 Å². The van der Waals surface area contributed by atoms with Crippen molar-refractivity contribution in [2.45, 2.75) is 24.9 Å². The fourth-order valence-electron chi connectivity index (χ4n) is 4.84. The molecule has 1 saturated carbocycles. The molecular weight excluding hydrogens is 352 g/mol. The molecule has 0 spiro atoms. The van der Waals surface area contributed by atoms with Crippen LogP contribution in [0.5, 0.6) is 0 Å². The minimum absolute atomic E-state index is 0.184. The van der Waals surface area contributed by atoms with Crippen LogP contribution in [0.4, 0.5) is 0 Å². The molecule has 2 N–H and O–H groups in total. The van der Waals surface area contributed by atoms with Crippen LogP contribution >= 0.6 is 0 Å². The number of hydrogen-bond acceptors (Lipinski definition) is 5. The number of fused-ring (bicyclic) bond motifs is 2. The van der Waals surface area contributed by atoms with E-state index in [1.54, 1.807) is 13.2 Å². The van der Waals surface area contributed by atoms with Crippen molar-refractivity contribution in [3.63, 3.8) is 0 Å². The molecule has 2 bridgehead atoms. The highest BCUT2D eigenvalue weighted by molar-refractivity contribution is 7.90. The van der Waals surface area contributed by atoms with E-state index in [0.29, 0.717) is 12.1 Å². The van der Waals surface area contributed by atoms with Crippen LogP contribution in [0.3, 0.4) is 0 Å². The molecule has 3 rings (SSSR count). The summed E-state index contributed by atoms with van der Waals surface area (Å²) in [6.45, 7) is 2.17. The maximum atomic E-state index is 11.6. The molecule has 1 aliphatic carbocycles. The molecule has 26 heavy (non-hydrogen) atoms. The van der Waals surface area contributed by atoms with Crippen molar-refractivity contribution in [3.05, 3.63) is 35.4 Å². The van der Waals surface area contributed by atoms with Gasteiger partial charge in [-0.2, -0.15) is 0 Å². The van der Waals surface area contributed by atoms with Crippen molar-refractivity contribution >= 4 is 15.7 Å². The first-order valence-electron chi connectivity index (χ1n) is 9.12. The summed E-state index contributed by atoms with van der Waals surface area (Å²) in [5.41, 5.74) is 6.54. The van der Waals surface area contributed by atoms with E-state index < -0.39 is 21.3 Å². The van der Waals surface area contributed by atoms with Crippen LogP contribution in [0, 0.1) is 11.8 Å². The lowest BCUT2D eigenvalue weighted by molar-refractivity contribution is -0.168. The van der Waals surface area contributed by atoms with Crippen molar-refractivity contribution in [1.29, 1.82) is 0 Å². The maximum Gasteiger partial charge on any atom is 0.248 e. The second kappa shape index (κ2) is 7.29. The van der Waals surface area contributed by atoms with E-state index in [1.165, 1.54) is 6.26 Å². The number of likely N-dealkylation sites (tertiary alicyclic amines) is 1. The quantitative estimate of drug-likeness (QED) is 0.806. The molecule has 1 saturated heterocycles. The molecule has 1 unspecified atom stereocenters. The maximum absolute atomic E-state index is 11.6. The van der Waals surface area contributed by atoms with Crippen LogP contribution in [0.2, 0.25) is 0 Å². The largest absolute Gasteiger partial charge is 0.373 e. The Balaban J connectivity index is 1.90. The molecule has 7 heteroatoms. The van der Waals surface area contributed by atoms with Gasteiger partial charge in [0.1, 0.15) is 15.4 Å². The van der Waals surface area contributed by atoms with Gasteiger partial charge < -0.3 is 15.4 Å². The number of nitrogens with zero attached hydrogens (tertiary/aromatic N) is 1. The summed E-state index contributed by atoms with van der Waals surface area (Å²) in [4.78, 5) is 13.9. The fraction of sp³-hybridized carbons (Fsp3) is 0.632. The lowest BCUT2D eigenvalue weighted by Gasteiger charge is -2.55. The van der Waals surface area contributed by atoms with Crippen LogP contribution in [0.15, 0.2) is 24.3 Å². The monoisotopic (exact) mass is 380 g/mol. The standard InChI is InChI=1S/C19H28N2O4S/c1-25-19(15-6-3-5-14(11-15)18(20)22)16-7-4-8-17(19)13-21(12-16)9-10-26(2,23)24/h3,5-6,11,16-17H,4,7-10,12-13H2,1-2H3,(H2,20,22)/t16-,17+,19?. The first-order chi connectivity index (χ1) is 12.3. The van der Waals surface area contributed by atoms with Gasteiger partial charge in [-0.3, -0.25) is 4.79 Å². The summed E-state index contributed by atoms with van der Waals surface area (Å²) in [6, 6.07) is 7.48. The number of benzene rings is 1. The first-order valence-corrected chi connectivity index (χ1v) is 11.2. The number of nitrogens with two attached hydrogens (primary N) is 1. The highest BCUT2D eigenvalue weighted by Crippen LogP contribution is 2.51. The summed E-state index contributed by atoms with van der Waals surface area (Å²) < 4.78 is 29.2. The lowest BCUT2D eigenvalue weighted by Crippen LogP contribution is -2.59. The number of rotatable bonds is 6. The highest BCUT2D eigenvalue weighted by atomic mass is 32.2. The molecule has 0 aromatic heterocycles. The van der Waals surface area contributed by atoms with Gasteiger partial charge in [-0.15, -0.1) is 0 Å². The number of carbonyl (C=O) groups is 1. The van der Waals surface area contributed by atoms with E-state index in [1.807, 2.05) is 18.2 Å². The van der Waals surface area contributed by atoms with E-state index in [4.69, 9.17) is 10.5 Å². The third-order valence-electron chi connectivity index (χ3n) is 5.99. The number of sulfone groups is 1. The Morgan fingerprint density at radius 3 is 2.50 bits per heavy atom. The summed E-state index contributed by atoms with van der Waals surface area (Å²) in [7, 11) is -1.23. The van der Waals surface area contributed by atoms with Gasteiger partial charge in [0.2, 0.25) is 5.91 Å². The van der Waals surface area contributed by atoms with E-state index in [2.05, 4.69) is 4.90 Å². The van der Waals surface area contributed by atoms with E-state index in [9.17, 15) is 13.2 Å². The van der Waals surface area contributed by atoms with Crippen LogP contribution in [0.1, 0.15) is 35.2 Å². The summed E-state index contributed by atoms with van der Waals surface area (Å²) >= 11 is 0. The molecule has 1 aromatic rings. The number of primary amides is 1. The molecule has 0 radical (unpaired) electrons. The topological polar surface area (TPSA) is 89.7 Å². The molecule has 2 aliphatic rings. The molecule has 1 aromatic carbocycles. The van der Waals surface area contributed by atoms with Gasteiger partial charge in [-0.25, -0.2) is 8.42 Å². The Morgan fingerprint density at radius 1 is 1.31 bits per heavy atom. The van der Waals surface area contributed by atoms with Crippen molar-refractivity contribution in [3.8, 4) is 0 Å². The molecule has 3 atom stereocenters. The third kappa shape index (κ3) is 3.66. The predicted octanol–water partition coefficient (Wildman–Crippen LogP) is 1.40. The summed E-state index contributed by atoms with van der Waals surface area (Å²) in [6.07, 6.45) is 4.49. The Labute approximate surface area is 155 Å². The zero-order valence-corrected chi connectivity index (χ0v) is 16.3. The van der Waals surface area contributed by atoms with Crippen molar-refractivity contribution in [2.75, 3.05) is 38.8 Å². The van der Waals surface area contributed by atoms with Gasteiger partial charge in [0.25, 0.3) is 0 Å². The SMILES string of the molecule is COC1(c2cccc(C(N)=O)c2)[C@@H]2CCC[C@H]1CN(CCS(C)(=O)=O)C2. The van der Waals surface area contributed by atoms with Crippen LogP contribution in [-0.4, -0.2) is 58.0 Å². The zero-order chi connectivity index (χ0) is 18.9. The van der Waals surface area contributed by atoms with Crippen LogP contribution in [0.25, 0.3) is 0 Å². The number of ether oxygens (including phenoxy) is 1. The van der Waals surface area contributed by atoms with Crippen molar-refractivity contribution < 1.29 is 17.9 Å². The Kier molecular flexibility index (Phi) is 5.42. The second-order valence-corrected chi connectivity index (χ2v) is 9.92. The minimum atomic E-state index is -2.97. The zero-order valence-electron chi connectivity index (χ0n) is 15.5. The van der Waals surface area contributed by atoms with Crippen LogP contribution < -0.4 is 5.73 Å². The van der Waals surface area contributed by atoms with Crippen molar-refractivity contribution in [2.24, 2.45) is 17.6 Å². The van der Waals surface area contributed by atoms with Crippen LogP contribution in [-0.2, 0) is 20.2 Å². The molecule has 6 nitrogen and oxygen atoms in total. The van der Waals surface area contributed by atoms with Gasteiger partial charge in [0, 0.05) is 50.4 Å². The van der Waals surface area contributed by atoms with Gasteiger partial charge in [0.15, 0.2) is 0 Å². The highest BCUT2D eigenvalue weighted by Gasteiger charge is 2.53. The van der Waals surface area contributed by atoms with Crippen molar-refractivity contribution in [1.82, 2.24) is 4.90 Å². The third-order valence-corrected chi connectivity index (χ3v) is 6.91. The molecule has 1 heterocycles. The van der Waals surface area contributed by atoms with Gasteiger partial charge >= 0.3 is 0 Å². The number of hydrogen-bond donors (Lipinski definition) is 1. The number of carbonyl (C=O) groups excluding carboxylic acids is 1. The normalized spacial score (nSPS) is 29.5. The summed E-state index contributed by atoms with van der Waals surface area (Å²) in [5, 5.41) is 0. The molecule has 1 amide bonds.